The molecule has 0 radical (unpaired) electrons. The molecule has 4 rings (SSSR count). The van der Waals surface area contributed by atoms with Crippen molar-refractivity contribution in [1.29, 1.82) is 0 Å². The fraction of sp³-hybridized carbons (Fsp3) is 0.233. The summed E-state index contributed by atoms with van der Waals surface area (Å²) in [5.41, 5.74) is 3.97. The Morgan fingerprint density at radius 3 is 1.95 bits per heavy atom. The lowest BCUT2D eigenvalue weighted by Crippen LogP contribution is -2.29. The molecule has 39 heavy (non-hydrogen) atoms. The van der Waals surface area contributed by atoms with E-state index >= 15 is 0 Å². The molecule has 0 aliphatic carbocycles. The Labute approximate surface area is 226 Å². The molecule has 0 saturated heterocycles. The maximum absolute atomic E-state index is 12.1. The molecule has 1 aromatic heterocycles. The second kappa shape index (κ2) is 12.6. The summed E-state index contributed by atoms with van der Waals surface area (Å²) >= 11 is 0. The van der Waals surface area contributed by atoms with Crippen LogP contribution in [-0.4, -0.2) is 39.7 Å². The Hall–Kier alpha value is -4.79. The number of rotatable bonds is 6. The smallest absolute Gasteiger partial charge is 0.343 e. The quantitative estimate of drug-likeness (QED) is 0.252. The predicted octanol–water partition coefficient (Wildman–Crippen LogP) is 5.37. The zero-order valence-corrected chi connectivity index (χ0v) is 22.5. The molecule has 0 unspecified atom stereocenters. The van der Waals surface area contributed by atoms with Gasteiger partial charge in [0.25, 0.3) is 5.91 Å². The van der Waals surface area contributed by atoms with Crippen LogP contribution in [0.25, 0.3) is 11.5 Å². The Morgan fingerprint density at radius 2 is 1.44 bits per heavy atom. The summed E-state index contributed by atoms with van der Waals surface area (Å²) in [7, 11) is 0. The van der Waals surface area contributed by atoms with Crippen molar-refractivity contribution in [3.63, 3.8) is 0 Å². The van der Waals surface area contributed by atoms with Crippen LogP contribution in [0.4, 0.5) is 0 Å². The lowest BCUT2D eigenvalue weighted by molar-refractivity contribution is -0.135. The van der Waals surface area contributed by atoms with E-state index in [2.05, 4.69) is 36.3 Å². The van der Waals surface area contributed by atoms with Gasteiger partial charge in [-0.15, -0.1) is 10.2 Å². The number of amides is 1. The van der Waals surface area contributed by atoms with E-state index in [9.17, 15) is 14.4 Å². The highest BCUT2D eigenvalue weighted by atomic mass is 16.5. The first-order valence-corrected chi connectivity index (χ1v) is 12.2. The van der Waals surface area contributed by atoms with Gasteiger partial charge in [-0.05, 0) is 66.4 Å². The summed E-state index contributed by atoms with van der Waals surface area (Å²) in [6, 6.07) is 21.3. The summed E-state index contributed by atoms with van der Waals surface area (Å²) < 4.78 is 10.7. The number of hydrogen-bond acceptors (Lipinski definition) is 7. The normalized spacial score (nSPS) is 10.7. The minimum absolute atomic E-state index is 0.0378. The predicted molar refractivity (Wildman–Crippen MR) is 146 cm³/mol. The Morgan fingerprint density at radius 1 is 0.846 bits per heavy atom. The maximum atomic E-state index is 12.1. The lowest BCUT2D eigenvalue weighted by Gasteiger charge is -2.18. The van der Waals surface area contributed by atoms with E-state index in [-0.39, 0.29) is 17.9 Å². The molecule has 9 heteroatoms. The van der Waals surface area contributed by atoms with Gasteiger partial charge < -0.3 is 19.6 Å². The van der Waals surface area contributed by atoms with Gasteiger partial charge in [0, 0.05) is 18.1 Å². The van der Waals surface area contributed by atoms with Crippen LogP contribution in [0.15, 0.2) is 77.2 Å². The number of nitrogens with one attached hydrogen (secondary N) is 1. The van der Waals surface area contributed by atoms with E-state index in [1.165, 1.54) is 0 Å². The monoisotopic (exact) mass is 529 g/mol. The van der Waals surface area contributed by atoms with E-state index < -0.39 is 11.9 Å². The SMILES string of the molecule is CC(C)(C)c1ccc(C(=O)NCC(=O)O)cc1.Cc1ccc(OC(=O)c2ccc(-c3nnc(C)o3)cc2)cc1. The first-order chi connectivity index (χ1) is 18.4. The number of nitrogens with zero attached hydrogens (tertiary/aromatic N) is 2. The van der Waals surface area contributed by atoms with Crippen molar-refractivity contribution in [3.8, 4) is 17.2 Å². The maximum Gasteiger partial charge on any atom is 0.343 e. The molecular formula is C30H31N3O6. The molecule has 0 aliphatic heterocycles. The molecule has 0 aliphatic rings. The van der Waals surface area contributed by atoms with Gasteiger partial charge in [-0.3, -0.25) is 9.59 Å². The number of carbonyl (C=O) groups is 3. The number of ether oxygens (including phenoxy) is 1. The van der Waals surface area contributed by atoms with Crippen LogP contribution in [0.3, 0.4) is 0 Å². The number of aromatic nitrogens is 2. The lowest BCUT2D eigenvalue weighted by atomic mass is 9.87. The van der Waals surface area contributed by atoms with Crippen molar-refractivity contribution in [3.05, 3.63) is 101 Å². The van der Waals surface area contributed by atoms with Gasteiger partial charge in [-0.25, -0.2) is 4.79 Å². The molecule has 0 fully saturated rings. The van der Waals surface area contributed by atoms with Gasteiger partial charge >= 0.3 is 11.9 Å². The molecule has 0 bridgehead atoms. The minimum Gasteiger partial charge on any atom is -0.480 e. The van der Waals surface area contributed by atoms with Gasteiger partial charge in [0.2, 0.25) is 11.8 Å². The number of carboxylic acids is 1. The molecule has 2 N–H and O–H groups in total. The fourth-order valence-electron chi connectivity index (χ4n) is 3.31. The van der Waals surface area contributed by atoms with E-state index in [4.69, 9.17) is 14.3 Å². The molecule has 0 atom stereocenters. The van der Waals surface area contributed by atoms with E-state index in [1.54, 1.807) is 55.5 Å². The number of carboxylic acid groups (broad SMARTS) is 1. The molecular weight excluding hydrogens is 498 g/mol. The summed E-state index contributed by atoms with van der Waals surface area (Å²) in [5, 5.41) is 18.5. The average Bonchev–Trinajstić information content (AvgIpc) is 3.35. The number of benzene rings is 3. The van der Waals surface area contributed by atoms with Gasteiger partial charge in [-0.2, -0.15) is 0 Å². The summed E-state index contributed by atoms with van der Waals surface area (Å²) in [4.78, 5) is 33.9. The van der Waals surface area contributed by atoms with Crippen LogP contribution in [0.1, 0.15) is 58.5 Å². The topological polar surface area (TPSA) is 132 Å². The molecule has 1 amide bonds. The molecule has 1 heterocycles. The van der Waals surface area contributed by atoms with E-state index in [0.717, 1.165) is 16.7 Å². The van der Waals surface area contributed by atoms with E-state index in [0.29, 0.717) is 28.7 Å². The molecule has 4 aromatic rings. The molecule has 0 spiro atoms. The summed E-state index contributed by atoms with van der Waals surface area (Å²) in [5.74, 6) is -0.379. The minimum atomic E-state index is -1.05. The van der Waals surface area contributed by atoms with Crippen molar-refractivity contribution in [1.82, 2.24) is 15.5 Å². The van der Waals surface area contributed by atoms with Crippen LogP contribution >= 0.6 is 0 Å². The molecule has 9 nitrogen and oxygen atoms in total. The highest BCUT2D eigenvalue weighted by Gasteiger charge is 2.14. The van der Waals surface area contributed by atoms with Crippen LogP contribution in [0, 0.1) is 13.8 Å². The fourth-order valence-corrected chi connectivity index (χ4v) is 3.31. The standard InChI is InChI=1S/C17H14N2O3.C13H17NO3/c1-11-3-9-15(10-4-11)22-17(20)14-7-5-13(6-8-14)16-19-18-12(2)21-16;1-13(2,3)10-6-4-9(5-7-10)12(17)14-8-11(15)16/h3-10H,1-2H3;4-7H,8H2,1-3H3,(H,14,17)(H,15,16). The van der Waals surface area contributed by atoms with Gasteiger partial charge in [0.1, 0.15) is 12.3 Å². The number of esters is 1. The number of aliphatic carboxylic acids is 1. The second-order valence-corrected chi connectivity index (χ2v) is 9.81. The third kappa shape index (κ3) is 8.63. The summed E-state index contributed by atoms with van der Waals surface area (Å²) in [6.07, 6.45) is 0. The third-order valence-corrected chi connectivity index (χ3v) is 5.54. The molecule has 3 aromatic carbocycles. The average molecular weight is 530 g/mol. The number of carbonyl (C=O) groups excluding carboxylic acids is 2. The first-order valence-electron chi connectivity index (χ1n) is 12.2. The highest BCUT2D eigenvalue weighted by Crippen LogP contribution is 2.22. The van der Waals surface area contributed by atoms with Gasteiger partial charge in [-0.1, -0.05) is 50.6 Å². The molecule has 202 valence electrons. The van der Waals surface area contributed by atoms with Crippen molar-refractivity contribution >= 4 is 17.8 Å². The van der Waals surface area contributed by atoms with Crippen molar-refractivity contribution in [2.75, 3.05) is 6.54 Å². The zero-order chi connectivity index (χ0) is 28.6. The third-order valence-electron chi connectivity index (χ3n) is 5.54. The highest BCUT2D eigenvalue weighted by molar-refractivity contribution is 5.95. The number of aryl methyl sites for hydroxylation is 2. The van der Waals surface area contributed by atoms with Crippen molar-refractivity contribution in [2.45, 2.75) is 40.0 Å². The largest absolute Gasteiger partial charge is 0.480 e. The second-order valence-electron chi connectivity index (χ2n) is 9.81. The summed E-state index contributed by atoms with van der Waals surface area (Å²) in [6.45, 7) is 9.61. The van der Waals surface area contributed by atoms with E-state index in [1.807, 2.05) is 31.2 Å². The van der Waals surface area contributed by atoms with Crippen LogP contribution in [0.2, 0.25) is 0 Å². The Balaban J connectivity index is 0.000000224. The first kappa shape index (κ1) is 28.8. The Kier molecular flexibility index (Phi) is 9.33. The van der Waals surface area contributed by atoms with Crippen molar-refractivity contribution in [2.24, 2.45) is 0 Å². The molecule has 0 saturated carbocycles. The van der Waals surface area contributed by atoms with Crippen LogP contribution in [0.5, 0.6) is 5.75 Å². The van der Waals surface area contributed by atoms with Crippen LogP contribution < -0.4 is 10.1 Å². The Bertz CT molecular complexity index is 1420. The zero-order valence-electron chi connectivity index (χ0n) is 22.5. The van der Waals surface area contributed by atoms with Gasteiger partial charge in [0.05, 0.1) is 5.56 Å². The van der Waals surface area contributed by atoms with Crippen molar-refractivity contribution < 1.29 is 28.6 Å². The van der Waals surface area contributed by atoms with Gasteiger partial charge in [0.15, 0.2) is 0 Å². The number of hydrogen-bond donors (Lipinski definition) is 2. The van der Waals surface area contributed by atoms with Crippen LogP contribution in [-0.2, 0) is 10.2 Å².